The normalized spacial score (nSPS) is 30.9. The van der Waals surface area contributed by atoms with E-state index in [0.717, 1.165) is 38.2 Å². The van der Waals surface area contributed by atoms with Gasteiger partial charge in [-0.2, -0.15) is 0 Å². The van der Waals surface area contributed by atoms with Crippen LogP contribution in [0.25, 0.3) is 0 Å². The lowest BCUT2D eigenvalue weighted by Crippen LogP contribution is -2.56. The smallest absolute Gasteiger partial charge is 0.165 e. The summed E-state index contributed by atoms with van der Waals surface area (Å²) in [6.45, 7) is 3.26. The minimum Gasteiger partial charge on any atom is -0.504 e. The highest BCUT2D eigenvalue weighted by Gasteiger charge is 2.57. The first-order valence-electron chi connectivity index (χ1n) is 9.53. The maximum absolute atomic E-state index is 10.3. The molecule has 1 N–H and O–H groups in total. The predicted octanol–water partition coefficient (Wildman–Crippen LogP) is 4.10. The lowest BCUT2D eigenvalue weighted by molar-refractivity contribution is -0.00956. The van der Waals surface area contributed by atoms with Crippen LogP contribution in [-0.2, 0) is 12.0 Å². The standard InChI is InChI=1S/C22H25NO2/c24-19-10-5-9-18-21(19)25-20-11-4-8-17-15-23(13-12-22(17,18)20)14-16-6-2-1-3-7-16/h1-3,5-7,9-10,17,20,24H,4,8,11-15H2. The molecule has 0 bridgehead atoms. The molecule has 2 aromatic rings. The van der Waals surface area contributed by atoms with Gasteiger partial charge in [-0.25, -0.2) is 0 Å². The Morgan fingerprint density at radius 1 is 1.08 bits per heavy atom. The Balaban J connectivity index is 1.45. The van der Waals surface area contributed by atoms with Crippen LogP contribution in [0.15, 0.2) is 48.5 Å². The summed E-state index contributed by atoms with van der Waals surface area (Å²) in [7, 11) is 0. The molecule has 1 saturated carbocycles. The highest BCUT2D eigenvalue weighted by Crippen LogP contribution is 2.58. The first-order chi connectivity index (χ1) is 12.3. The summed E-state index contributed by atoms with van der Waals surface area (Å²) < 4.78 is 6.29. The van der Waals surface area contributed by atoms with Gasteiger partial charge in [0.05, 0.1) is 0 Å². The van der Waals surface area contributed by atoms with Crippen LogP contribution < -0.4 is 4.74 Å². The van der Waals surface area contributed by atoms with Gasteiger partial charge in [0, 0.05) is 24.1 Å². The molecule has 1 spiro atoms. The van der Waals surface area contributed by atoms with Crippen molar-refractivity contribution in [2.45, 2.75) is 43.7 Å². The van der Waals surface area contributed by atoms with Crippen molar-refractivity contribution in [2.75, 3.05) is 13.1 Å². The van der Waals surface area contributed by atoms with E-state index in [1.54, 1.807) is 6.07 Å². The topological polar surface area (TPSA) is 32.7 Å². The van der Waals surface area contributed by atoms with Gasteiger partial charge in [-0.1, -0.05) is 42.5 Å². The summed E-state index contributed by atoms with van der Waals surface area (Å²) in [5, 5.41) is 10.3. The number of benzene rings is 2. The molecule has 0 amide bonds. The summed E-state index contributed by atoms with van der Waals surface area (Å²) in [5.74, 6) is 1.69. The molecule has 5 rings (SSSR count). The second-order valence-corrected chi connectivity index (χ2v) is 7.90. The average Bonchev–Trinajstić information content (AvgIpc) is 2.97. The number of nitrogens with zero attached hydrogens (tertiary/aromatic N) is 1. The van der Waals surface area contributed by atoms with E-state index in [9.17, 15) is 5.11 Å². The number of phenols is 1. The molecule has 2 fully saturated rings. The average molecular weight is 335 g/mol. The number of aromatic hydroxyl groups is 1. The van der Waals surface area contributed by atoms with Gasteiger partial charge in [-0.05, 0) is 49.8 Å². The van der Waals surface area contributed by atoms with Crippen molar-refractivity contribution >= 4 is 0 Å². The van der Waals surface area contributed by atoms with Crippen molar-refractivity contribution in [1.29, 1.82) is 0 Å². The van der Waals surface area contributed by atoms with Gasteiger partial charge in [0.2, 0.25) is 0 Å². The molecule has 2 aliphatic heterocycles. The second kappa shape index (κ2) is 5.77. The number of hydrogen-bond acceptors (Lipinski definition) is 3. The third-order valence-electron chi connectivity index (χ3n) is 6.65. The summed E-state index contributed by atoms with van der Waals surface area (Å²) in [6.07, 6.45) is 4.98. The van der Waals surface area contributed by atoms with E-state index in [4.69, 9.17) is 4.74 Å². The van der Waals surface area contributed by atoms with Crippen LogP contribution in [0, 0.1) is 5.92 Å². The van der Waals surface area contributed by atoms with Crippen LogP contribution in [-0.4, -0.2) is 29.2 Å². The second-order valence-electron chi connectivity index (χ2n) is 7.90. The van der Waals surface area contributed by atoms with Crippen LogP contribution >= 0.6 is 0 Å². The first kappa shape index (κ1) is 15.3. The lowest BCUT2D eigenvalue weighted by atomic mass is 9.58. The Kier molecular flexibility index (Phi) is 3.53. The predicted molar refractivity (Wildman–Crippen MR) is 97.9 cm³/mol. The lowest BCUT2D eigenvalue weighted by Gasteiger charge is -2.51. The molecular formula is C22H25NO2. The molecular weight excluding hydrogens is 310 g/mol. The van der Waals surface area contributed by atoms with Crippen LogP contribution in [0.4, 0.5) is 0 Å². The Bertz CT molecular complexity index is 775. The molecule has 1 saturated heterocycles. The summed E-state index contributed by atoms with van der Waals surface area (Å²) in [4.78, 5) is 2.61. The summed E-state index contributed by atoms with van der Waals surface area (Å²) in [6, 6.07) is 16.7. The number of hydrogen-bond donors (Lipinski definition) is 1. The van der Waals surface area contributed by atoms with Gasteiger partial charge in [-0.3, -0.25) is 4.90 Å². The highest BCUT2D eigenvalue weighted by atomic mass is 16.5. The van der Waals surface area contributed by atoms with E-state index in [1.165, 1.54) is 24.0 Å². The van der Waals surface area contributed by atoms with E-state index < -0.39 is 0 Å². The van der Waals surface area contributed by atoms with E-state index in [0.29, 0.717) is 11.7 Å². The minimum atomic E-state index is 0.111. The molecule has 25 heavy (non-hydrogen) atoms. The maximum atomic E-state index is 10.3. The zero-order valence-corrected chi connectivity index (χ0v) is 14.5. The zero-order chi connectivity index (χ0) is 16.9. The van der Waals surface area contributed by atoms with Crippen molar-refractivity contribution in [3.63, 3.8) is 0 Å². The number of piperidine rings is 1. The van der Waals surface area contributed by atoms with Crippen LogP contribution in [0.5, 0.6) is 11.5 Å². The molecule has 0 aromatic heterocycles. The third-order valence-corrected chi connectivity index (χ3v) is 6.65. The highest BCUT2D eigenvalue weighted by molar-refractivity contribution is 5.54. The molecule has 3 atom stereocenters. The maximum Gasteiger partial charge on any atom is 0.165 e. The van der Waals surface area contributed by atoms with Gasteiger partial charge < -0.3 is 9.84 Å². The quantitative estimate of drug-likeness (QED) is 0.897. The molecule has 2 heterocycles. The fraction of sp³-hybridized carbons (Fsp3) is 0.455. The van der Waals surface area contributed by atoms with E-state index >= 15 is 0 Å². The van der Waals surface area contributed by atoms with E-state index in [1.807, 2.05) is 6.07 Å². The molecule has 0 radical (unpaired) electrons. The summed E-state index contributed by atoms with van der Waals surface area (Å²) in [5.41, 5.74) is 2.77. The van der Waals surface area contributed by atoms with E-state index in [2.05, 4.69) is 41.3 Å². The fourth-order valence-corrected chi connectivity index (χ4v) is 5.53. The molecule has 3 aliphatic rings. The SMILES string of the molecule is Oc1cccc2c1OC1CCCC3CN(Cc4ccccc4)CCC231. The van der Waals surface area contributed by atoms with E-state index in [-0.39, 0.29) is 11.5 Å². The van der Waals surface area contributed by atoms with Gasteiger partial charge in [0.1, 0.15) is 6.10 Å². The third kappa shape index (κ3) is 2.29. The Morgan fingerprint density at radius 3 is 2.84 bits per heavy atom. The molecule has 3 nitrogen and oxygen atoms in total. The fourth-order valence-electron chi connectivity index (χ4n) is 5.53. The molecule has 3 unspecified atom stereocenters. The Labute approximate surface area is 149 Å². The van der Waals surface area contributed by atoms with Gasteiger partial charge in [0.15, 0.2) is 11.5 Å². The molecule has 130 valence electrons. The Morgan fingerprint density at radius 2 is 1.96 bits per heavy atom. The first-order valence-corrected chi connectivity index (χ1v) is 9.53. The molecule has 1 aliphatic carbocycles. The molecule has 3 heteroatoms. The van der Waals surface area contributed by atoms with Gasteiger partial charge in [0.25, 0.3) is 0 Å². The van der Waals surface area contributed by atoms with Gasteiger partial charge in [-0.15, -0.1) is 0 Å². The minimum absolute atomic E-state index is 0.111. The van der Waals surface area contributed by atoms with Crippen LogP contribution in [0.1, 0.15) is 36.8 Å². The largest absolute Gasteiger partial charge is 0.504 e. The number of likely N-dealkylation sites (tertiary alicyclic amines) is 1. The Hall–Kier alpha value is -2.00. The number of rotatable bonds is 2. The number of ether oxygens (including phenoxy) is 1. The van der Waals surface area contributed by atoms with Crippen LogP contribution in [0.3, 0.4) is 0 Å². The monoisotopic (exact) mass is 335 g/mol. The van der Waals surface area contributed by atoms with Crippen molar-refractivity contribution in [1.82, 2.24) is 4.90 Å². The number of para-hydroxylation sites is 1. The van der Waals surface area contributed by atoms with Crippen molar-refractivity contribution in [3.05, 3.63) is 59.7 Å². The number of fused-ring (bicyclic) bond motifs is 1. The van der Waals surface area contributed by atoms with Gasteiger partial charge >= 0.3 is 0 Å². The van der Waals surface area contributed by atoms with Crippen molar-refractivity contribution in [3.8, 4) is 11.5 Å². The van der Waals surface area contributed by atoms with Crippen molar-refractivity contribution < 1.29 is 9.84 Å². The summed E-state index contributed by atoms with van der Waals surface area (Å²) >= 11 is 0. The zero-order valence-electron chi connectivity index (χ0n) is 14.5. The molecule has 2 aromatic carbocycles. The van der Waals surface area contributed by atoms with Crippen LogP contribution in [0.2, 0.25) is 0 Å². The van der Waals surface area contributed by atoms with Crippen molar-refractivity contribution in [2.24, 2.45) is 5.92 Å². The number of phenolic OH excluding ortho intramolecular Hbond substituents is 1.